The number of nitrogens with zero attached hydrogens (tertiary/aromatic N) is 4. The summed E-state index contributed by atoms with van der Waals surface area (Å²) in [6.45, 7) is 8.65. The first-order valence-corrected chi connectivity index (χ1v) is 20.8. The Morgan fingerprint density at radius 1 is 0.467 bits per heavy atom. The molecule has 0 aliphatic carbocycles. The number of benzene rings is 8. The first-order valence-electron chi connectivity index (χ1n) is 20.8. The van der Waals surface area contributed by atoms with Gasteiger partial charge in [-0.2, -0.15) is 0 Å². The minimum Gasteiger partial charge on any atom is -0.331 e. The van der Waals surface area contributed by atoms with Crippen LogP contribution in [0.5, 0.6) is 0 Å². The van der Waals surface area contributed by atoms with Crippen molar-refractivity contribution >= 4 is 72.0 Å². The number of anilines is 5. The molecule has 4 nitrogen and oxygen atoms in total. The quantitative estimate of drug-likeness (QED) is 0.143. The number of aromatic nitrogens is 2. The van der Waals surface area contributed by atoms with Gasteiger partial charge in [0.15, 0.2) is 0 Å². The molecule has 2 aromatic heterocycles. The molecule has 0 radical (unpaired) electrons. The molecule has 8 aromatic carbocycles. The first kappa shape index (κ1) is 35.6. The minimum absolute atomic E-state index is 0.260. The van der Waals surface area contributed by atoms with Crippen LogP contribution < -0.4 is 9.80 Å². The number of rotatable bonds is 8. The first-order chi connectivity index (χ1) is 29.5. The zero-order valence-corrected chi connectivity index (χ0v) is 33.8. The van der Waals surface area contributed by atoms with E-state index in [0.29, 0.717) is 5.92 Å². The number of para-hydroxylation sites is 5. The van der Waals surface area contributed by atoms with E-state index in [2.05, 4.69) is 246 Å². The van der Waals surface area contributed by atoms with Gasteiger partial charge in [-0.25, -0.2) is 0 Å². The molecular weight excluding hydrogens is 729 g/mol. The Morgan fingerprint density at radius 3 is 1.25 bits per heavy atom. The van der Waals surface area contributed by atoms with Crippen LogP contribution in [0, 0.1) is 0 Å². The zero-order valence-electron chi connectivity index (χ0n) is 33.8. The second-order valence-corrected chi connectivity index (χ2v) is 16.1. The molecule has 1 aliphatic heterocycles. The normalized spacial score (nSPS) is 16.4. The van der Waals surface area contributed by atoms with Crippen molar-refractivity contribution < 1.29 is 0 Å². The number of fused-ring (bicyclic) bond motifs is 7. The van der Waals surface area contributed by atoms with Crippen molar-refractivity contribution in [1.82, 2.24) is 9.13 Å². The summed E-state index contributed by atoms with van der Waals surface area (Å²) in [6.07, 6.45) is 6.25. The molecule has 0 amide bonds. The summed E-state index contributed by atoms with van der Waals surface area (Å²) in [5, 5.41) is 5.03. The van der Waals surface area contributed by atoms with Crippen LogP contribution in [0.2, 0.25) is 0 Å². The maximum atomic E-state index is 3.99. The van der Waals surface area contributed by atoms with E-state index in [9.17, 15) is 0 Å². The molecule has 0 saturated heterocycles. The van der Waals surface area contributed by atoms with E-state index in [0.717, 1.165) is 34.1 Å². The Labute approximate surface area is 350 Å². The third-order valence-corrected chi connectivity index (χ3v) is 12.8. The van der Waals surface area contributed by atoms with Crippen LogP contribution in [-0.2, 0) is 0 Å². The molecule has 2 atom stereocenters. The Kier molecular flexibility index (Phi) is 8.35. The van der Waals surface area contributed by atoms with Crippen molar-refractivity contribution in [2.24, 2.45) is 0 Å². The summed E-state index contributed by atoms with van der Waals surface area (Å²) in [7, 11) is 0. The van der Waals surface area contributed by atoms with Gasteiger partial charge in [0.05, 0.1) is 27.6 Å². The van der Waals surface area contributed by atoms with Gasteiger partial charge in [0.2, 0.25) is 0 Å². The summed E-state index contributed by atoms with van der Waals surface area (Å²) in [6, 6.07) is 70.6. The second kappa shape index (κ2) is 14.1. The molecule has 2 unspecified atom stereocenters. The Bertz CT molecular complexity index is 2990. The molecule has 0 saturated carbocycles. The standard InChI is InChI=1S/C56H44N4/c1-4-5-38-56(3)39(2)46-16-6-15-25-55(46)60(56)45-36-34-42(35-37-45)57(40-26-30-43(31-27-40)58-51-21-11-7-17-47(51)48-18-8-12-22-52(48)58)41-28-32-44(33-29-41)59-53-23-13-9-19-49(53)50-20-10-14-24-54(50)59/h4-39H,1H2,2-3H3/b38-5-. The molecule has 3 heterocycles. The molecule has 60 heavy (non-hydrogen) atoms. The van der Waals surface area contributed by atoms with Crippen molar-refractivity contribution in [3.63, 3.8) is 0 Å². The van der Waals surface area contributed by atoms with E-state index >= 15 is 0 Å². The highest BCUT2D eigenvalue weighted by Gasteiger charge is 2.44. The molecule has 4 heteroatoms. The molecule has 288 valence electrons. The van der Waals surface area contributed by atoms with Crippen molar-refractivity contribution in [2.75, 3.05) is 9.80 Å². The number of hydrogen-bond acceptors (Lipinski definition) is 2. The molecular formula is C56H44N4. The second-order valence-electron chi connectivity index (χ2n) is 16.1. The van der Waals surface area contributed by atoms with Crippen molar-refractivity contribution in [3.05, 3.63) is 224 Å². The lowest BCUT2D eigenvalue weighted by molar-refractivity contribution is 0.512. The Hall–Kier alpha value is -7.56. The summed E-state index contributed by atoms with van der Waals surface area (Å²) >= 11 is 0. The van der Waals surface area contributed by atoms with Crippen LogP contribution in [0.4, 0.5) is 28.4 Å². The zero-order chi connectivity index (χ0) is 40.4. The predicted octanol–water partition coefficient (Wildman–Crippen LogP) is 15.1. The van der Waals surface area contributed by atoms with Crippen LogP contribution in [-0.4, -0.2) is 14.7 Å². The largest absolute Gasteiger partial charge is 0.331 e. The predicted molar refractivity (Wildman–Crippen MR) is 255 cm³/mol. The fraction of sp³-hybridized carbons (Fsp3) is 0.0714. The third-order valence-electron chi connectivity index (χ3n) is 12.8. The molecule has 0 spiro atoms. The van der Waals surface area contributed by atoms with Gasteiger partial charge >= 0.3 is 0 Å². The lowest BCUT2D eigenvalue weighted by atomic mass is 9.84. The van der Waals surface area contributed by atoms with Crippen molar-refractivity contribution in [3.8, 4) is 11.4 Å². The molecule has 0 bridgehead atoms. The molecule has 0 N–H and O–H groups in total. The number of hydrogen-bond donors (Lipinski definition) is 0. The van der Waals surface area contributed by atoms with E-state index in [-0.39, 0.29) is 5.54 Å². The van der Waals surface area contributed by atoms with Crippen LogP contribution in [0.1, 0.15) is 25.3 Å². The van der Waals surface area contributed by atoms with E-state index in [1.807, 2.05) is 6.08 Å². The van der Waals surface area contributed by atoms with Gasteiger partial charge < -0.3 is 18.9 Å². The third kappa shape index (κ3) is 5.45. The van der Waals surface area contributed by atoms with Gasteiger partial charge in [-0.15, -0.1) is 0 Å². The number of allylic oxidation sites excluding steroid dienone is 2. The van der Waals surface area contributed by atoms with E-state index < -0.39 is 0 Å². The molecule has 11 rings (SSSR count). The van der Waals surface area contributed by atoms with E-state index in [1.165, 1.54) is 54.9 Å². The van der Waals surface area contributed by atoms with Gasteiger partial charge in [-0.1, -0.05) is 123 Å². The molecule has 0 fully saturated rings. The van der Waals surface area contributed by atoms with Crippen LogP contribution in [0.25, 0.3) is 55.0 Å². The lowest BCUT2D eigenvalue weighted by Gasteiger charge is -2.38. The maximum Gasteiger partial charge on any atom is 0.0675 e. The average molecular weight is 773 g/mol. The van der Waals surface area contributed by atoms with E-state index in [1.54, 1.807) is 0 Å². The fourth-order valence-electron chi connectivity index (χ4n) is 9.83. The van der Waals surface area contributed by atoms with E-state index in [4.69, 9.17) is 0 Å². The van der Waals surface area contributed by atoms with Crippen molar-refractivity contribution in [1.29, 1.82) is 0 Å². The van der Waals surface area contributed by atoms with Crippen LogP contribution in [0.15, 0.2) is 219 Å². The fourth-order valence-corrected chi connectivity index (χ4v) is 9.83. The smallest absolute Gasteiger partial charge is 0.0675 e. The minimum atomic E-state index is -0.260. The highest BCUT2D eigenvalue weighted by Crippen LogP contribution is 2.52. The summed E-state index contributed by atoms with van der Waals surface area (Å²) in [5.41, 5.74) is 13.8. The SMILES string of the molecule is C=C/C=C\C1(C)C(C)c2ccccc2N1c1ccc(N(c2ccc(-n3c4ccccc4c4ccccc43)cc2)c2ccc(-n3c4ccccc4c4ccccc43)cc2)cc1. The van der Waals surface area contributed by atoms with Gasteiger partial charge in [0.1, 0.15) is 0 Å². The summed E-state index contributed by atoms with van der Waals surface area (Å²) < 4.78 is 4.75. The van der Waals surface area contributed by atoms with Gasteiger partial charge in [0.25, 0.3) is 0 Å². The maximum absolute atomic E-state index is 3.99. The van der Waals surface area contributed by atoms with Crippen LogP contribution in [0.3, 0.4) is 0 Å². The summed E-state index contributed by atoms with van der Waals surface area (Å²) in [5.74, 6) is 0.294. The Balaban J connectivity index is 1.03. The summed E-state index contributed by atoms with van der Waals surface area (Å²) in [4.78, 5) is 4.86. The van der Waals surface area contributed by atoms with Gasteiger partial charge in [0, 0.05) is 67.3 Å². The van der Waals surface area contributed by atoms with Crippen LogP contribution >= 0.6 is 0 Å². The van der Waals surface area contributed by atoms with Crippen molar-refractivity contribution in [2.45, 2.75) is 25.3 Å². The monoisotopic (exact) mass is 772 g/mol. The highest BCUT2D eigenvalue weighted by atomic mass is 15.2. The van der Waals surface area contributed by atoms with Gasteiger partial charge in [-0.05, 0) is 116 Å². The molecule has 10 aromatic rings. The van der Waals surface area contributed by atoms with Gasteiger partial charge in [-0.3, -0.25) is 0 Å². The average Bonchev–Trinajstić information content (AvgIpc) is 3.90. The Morgan fingerprint density at radius 2 is 0.833 bits per heavy atom. The molecule has 1 aliphatic rings. The highest BCUT2D eigenvalue weighted by molar-refractivity contribution is 6.10. The topological polar surface area (TPSA) is 16.3 Å². The lowest BCUT2D eigenvalue weighted by Crippen LogP contribution is -2.40.